The monoisotopic (exact) mass is 795 g/mol. The first-order valence-corrected chi connectivity index (χ1v) is 21.5. The standard InChI is InChI=1S/C57H41N5/c58-36-38-17-30-50-52(34-38)57(31-5-2-6-32-57)51-16-8-15-49(53(50)51)43-26-22-40(23-27-43)39-18-20-41(21-19-39)46-12-7-13-47(35-46)56-61-54(44-10-3-1-4-11-44)60-55(62-56)45-28-24-42(25-29-45)48-14-9-33-59-37-48/h1,3-4,7-30,33-35,37H,2,5-6,31-32H2. The fourth-order valence-corrected chi connectivity index (χ4v) is 9.78. The van der Waals surface area contributed by atoms with Crippen molar-refractivity contribution >= 4 is 0 Å². The van der Waals surface area contributed by atoms with Crippen molar-refractivity contribution in [2.24, 2.45) is 0 Å². The highest BCUT2D eigenvalue weighted by atomic mass is 15.0. The summed E-state index contributed by atoms with van der Waals surface area (Å²) in [6.45, 7) is 0. The number of hydrogen-bond acceptors (Lipinski definition) is 5. The molecule has 2 aromatic heterocycles. The molecule has 2 heterocycles. The topological polar surface area (TPSA) is 75.3 Å². The van der Waals surface area contributed by atoms with Crippen LogP contribution in [-0.4, -0.2) is 19.9 Å². The Bertz CT molecular complexity index is 3130. The molecule has 5 heteroatoms. The molecule has 7 aromatic carbocycles. The summed E-state index contributed by atoms with van der Waals surface area (Å²) in [5.41, 5.74) is 18.1. The van der Waals surface area contributed by atoms with Crippen LogP contribution in [0.25, 0.3) is 89.8 Å². The minimum absolute atomic E-state index is 0.000645. The molecule has 0 saturated heterocycles. The van der Waals surface area contributed by atoms with Crippen LogP contribution in [0, 0.1) is 11.3 Å². The number of benzene rings is 7. The molecule has 0 amide bonds. The van der Waals surface area contributed by atoms with E-state index in [0.29, 0.717) is 17.5 Å². The lowest BCUT2D eigenvalue weighted by Gasteiger charge is -2.36. The predicted octanol–water partition coefficient (Wildman–Crippen LogP) is 14.0. The van der Waals surface area contributed by atoms with Gasteiger partial charge in [0.15, 0.2) is 17.5 Å². The molecule has 1 spiro atoms. The van der Waals surface area contributed by atoms with Crippen LogP contribution in [0.3, 0.4) is 0 Å². The molecule has 11 rings (SSSR count). The molecule has 0 bridgehead atoms. The van der Waals surface area contributed by atoms with E-state index < -0.39 is 0 Å². The molecule has 1 saturated carbocycles. The third-order valence-electron chi connectivity index (χ3n) is 12.9. The van der Waals surface area contributed by atoms with Gasteiger partial charge in [-0.15, -0.1) is 0 Å². The Morgan fingerprint density at radius 3 is 1.61 bits per heavy atom. The highest BCUT2D eigenvalue weighted by Crippen LogP contribution is 2.58. The third kappa shape index (κ3) is 6.67. The van der Waals surface area contributed by atoms with Crippen LogP contribution in [0.15, 0.2) is 188 Å². The molecule has 0 aliphatic heterocycles. The number of nitriles is 1. The summed E-state index contributed by atoms with van der Waals surface area (Å²) in [6.07, 6.45) is 9.66. The van der Waals surface area contributed by atoms with E-state index in [2.05, 4.69) is 145 Å². The Kier molecular flexibility index (Phi) is 9.40. The van der Waals surface area contributed by atoms with E-state index in [4.69, 9.17) is 15.0 Å². The second-order valence-electron chi connectivity index (χ2n) is 16.5. The highest BCUT2D eigenvalue weighted by Gasteiger charge is 2.44. The van der Waals surface area contributed by atoms with Crippen LogP contribution < -0.4 is 0 Å². The molecule has 0 unspecified atom stereocenters. The summed E-state index contributed by atoms with van der Waals surface area (Å²) in [7, 11) is 0. The number of pyridine rings is 1. The fourth-order valence-electron chi connectivity index (χ4n) is 9.78. The summed E-state index contributed by atoms with van der Waals surface area (Å²) >= 11 is 0. The van der Waals surface area contributed by atoms with E-state index in [9.17, 15) is 5.26 Å². The average molecular weight is 796 g/mol. The van der Waals surface area contributed by atoms with Crippen molar-refractivity contribution in [3.63, 3.8) is 0 Å². The Morgan fingerprint density at radius 1 is 0.403 bits per heavy atom. The zero-order valence-electron chi connectivity index (χ0n) is 34.2. The van der Waals surface area contributed by atoms with E-state index >= 15 is 0 Å². The van der Waals surface area contributed by atoms with Gasteiger partial charge in [-0.25, -0.2) is 15.0 Å². The summed E-state index contributed by atoms with van der Waals surface area (Å²) in [6, 6.07) is 64.2. The van der Waals surface area contributed by atoms with Crippen molar-refractivity contribution in [2.45, 2.75) is 37.5 Å². The van der Waals surface area contributed by atoms with E-state index in [1.54, 1.807) is 6.20 Å². The maximum absolute atomic E-state index is 9.81. The van der Waals surface area contributed by atoms with Crippen molar-refractivity contribution in [3.8, 4) is 95.9 Å². The zero-order chi connectivity index (χ0) is 41.5. The molecule has 5 nitrogen and oxygen atoms in total. The maximum Gasteiger partial charge on any atom is 0.164 e. The molecule has 0 N–H and O–H groups in total. The Morgan fingerprint density at radius 2 is 0.952 bits per heavy atom. The van der Waals surface area contributed by atoms with Gasteiger partial charge in [0.25, 0.3) is 0 Å². The molecule has 0 atom stereocenters. The van der Waals surface area contributed by atoms with Gasteiger partial charge in [0, 0.05) is 34.5 Å². The van der Waals surface area contributed by atoms with Gasteiger partial charge in [-0.1, -0.05) is 171 Å². The SMILES string of the molecule is N#Cc1ccc2c(c1)C1(CCCCC1)c1cccc(-c3ccc(-c4ccc(-c5cccc(-c6nc(-c7ccccc7)nc(-c7ccc(-c8cccnc8)cc7)n6)c5)cc4)cc3)c1-2. The van der Waals surface area contributed by atoms with Crippen LogP contribution in [0.4, 0.5) is 0 Å². The van der Waals surface area contributed by atoms with Crippen molar-refractivity contribution in [2.75, 3.05) is 0 Å². The second kappa shape index (κ2) is 15.7. The third-order valence-corrected chi connectivity index (χ3v) is 12.9. The summed E-state index contributed by atoms with van der Waals surface area (Å²) < 4.78 is 0. The van der Waals surface area contributed by atoms with Gasteiger partial charge in [0.05, 0.1) is 11.6 Å². The average Bonchev–Trinajstić information content (AvgIpc) is 3.62. The smallest absolute Gasteiger partial charge is 0.164 e. The van der Waals surface area contributed by atoms with Crippen molar-refractivity contribution in [3.05, 3.63) is 205 Å². The fraction of sp³-hybridized carbons (Fsp3) is 0.105. The van der Waals surface area contributed by atoms with Gasteiger partial charge < -0.3 is 0 Å². The molecule has 2 aliphatic rings. The van der Waals surface area contributed by atoms with Crippen LogP contribution in [0.1, 0.15) is 48.8 Å². The van der Waals surface area contributed by atoms with E-state index in [1.807, 2.05) is 48.7 Å². The lowest BCUT2D eigenvalue weighted by atomic mass is 9.67. The van der Waals surface area contributed by atoms with Gasteiger partial charge in [0.2, 0.25) is 0 Å². The number of fused-ring (bicyclic) bond motifs is 5. The van der Waals surface area contributed by atoms with Gasteiger partial charge in [0.1, 0.15) is 0 Å². The molecular formula is C57H41N5. The van der Waals surface area contributed by atoms with Gasteiger partial charge in [-0.3, -0.25) is 4.98 Å². The van der Waals surface area contributed by atoms with Crippen LogP contribution >= 0.6 is 0 Å². The van der Waals surface area contributed by atoms with Crippen molar-refractivity contribution in [1.82, 2.24) is 19.9 Å². The summed E-state index contributed by atoms with van der Waals surface area (Å²) in [4.78, 5) is 19.3. The summed E-state index contributed by atoms with van der Waals surface area (Å²) in [5, 5.41) is 9.81. The van der Waals surface area contributed by atoms with Crippen molar-refractivity contribution in [1.29, 1.82) is 5.26 Å². The highest BCUT2D eigenvalue weighted by molar-refractivity contribution is 5.93. The minimum Gasteiger partial charge on any atom is -0.264 e. The molecule has 1 fully saturated rings. The van der Waals surface area contributed by atoms with Crippen molar-refractivity contribution < 1.29 is 0 Å². The Hall–Kier alpha value is -7.81. The van der Waals surface area contributed by atoms with E-state index in [1.165, 1.54) is 58.2 Å². The normalized spacial score (nSPS) is 13.6. The molecule has 0 radical (unpaired) electrons. The number of nitrogens with zero attached hydrogens (tertiary/aromatic N) is 5. The Balaban J connectivity index is 0.883. The largest absolute Gasteiger partial charge is 0.264 e. The quantitative estimate of drug-likeness (QED) is 0.161. The molecule has 62 heavy (non-hydrogen) atoms. The first kappa shape index (κ1) is 37.2. The number of hydrogen-bond donors (Lipinski definition) is 0. The molecular weight excluding hydrogens is 755 g/mol. The van der Waals surface area contributed by atoms with Crippen LogP contribution in [-0.2, 0) is 5.41 Å². The Labute approximate surface area is 362 Å². The second-order valence-corrected chi connectivity index (χ2v) is 16.5. The van der Waals surface area contributed by atoms with Gasteiger partial charge in [-0.2, -0.15) is 5.26 Å². The van der Waals surface area contributed by atoms with Gasteiger partial charge in [-0.05, 0) is 104 Å². The molecule has 294 valence electrons. The van der Waals surface area contributed by atoms with Crippen LogP contribution in [0.5, 0.6) is 0 Å². The van der Waals surface area contributed by atoms with Gasteiger partial charge >= 0.3 is 0 Å². The van der Waals surface area contributed by atoms with Crippen LogP contribution in [0.2, 0.25) is 0 Å². The zero-order valence-corrected chi connectivity index (χ0v) is 34.2. The lowest BCUT2D eigenvalue weighted by molar-refractivity contribution is 0.353. The number of rotatable bonds is 7. The molecule has 2 aliphatic carbocycles. The molecule has 9 aromatic rings. The first-order valence-electron chi connectivity index (χ1n) is 21.5. The minimum atomic E-state index is 0.000645. The number of aromatic nitrogens is 4. The maximum atomic E-state index is 9.81. The van der Waals surface area contributed by atoms with E-state index in [0.717, 1.165) is 62.9 Å². The lowest BCUT2D eigenvalue weighted by Crippen LogP contribution is -2.28. The summed E-state index contributed by atoms with van der Waals surface area (Å²) in [5.74, 6) is 1.87. The van der Waals surface area contributed by atoms with E-state index in [-0.39, 0.29) is 5.41 Å². The first-order chi connectivity index (χ1) is 30.6. The predicted molar refractivity (Wildman–Crippen MR) is 250 cm³/mol.